The van der Waals surface area contributed by atoms with Gasteiger partial charge in [-0.3, -0.25) is 0 Å². The van der Waals surface area contributed by atoms with Gasteiger partial charge in [0.1, 0.15) is 0 Å². The lowest BCUT2D eigenvalue weighted by Crippen LogP contribution is -2.44. The zero-order valence-electron chi connectivity index (χ0n) is 14.8. The van der Waals surface area contributed by atoms with E-state index in [4.69, 9.17) is 4.74 Å². The minimum atomic E-state index is -0.665. The van der Waals surface area contributed by atoms with Crippen molar-refractivity contribution in [3.8, 4) is 0 Å². The first-order valence-electron chi connectivity index (χ1n) is 8.72. The summed E-state index contributed by atoms with van der Waals surface area (Å²) >= 11 is 0. The Bertz CT molecular complexity index is 762. The highest BCUT2D eigenvalue weighted by atomic mass is 16.5. The number of alkyl carbamates (subject to hydrolysis) is 1. The molecule has 0 saturated heterocycles. The van der Waals surface area contributed by atoms with E-state index in [1.807, 2.05) is 73.8 Å². The highest BCUT2D eigenvalue weighted by Gasteiger charge is 2.31. The van der Waals surface area contributed by atoms with E-state index in [1.165, 1.54) is 0 Å². The van der Waals surface area contributed by atoms with E-state index < -0.39 is 11.6 Å². The van der Waals surface area contributed by atoms with Gasteiger partial charge < -0.3 is 15.0 Å². The van der Waals surface area contributed by atoms with Gasteiger partial charge in [-0.25, -0.2) is 9.78 Å². The molecule has 3 rings (SSSR count). The second-order valence-corrected chi connectivity index (χ2v) is 6.28. The van der Waals surface area contributed by atoms with Gasteiger partial charge >= 0.3 is 6.09 Å². The molecule has 1 aromatic heterocycles. The van der Waals surface area contributed by atoms with Crippen molar-refractivity contribution in [1.29, 1.82) is 0 Å². The number of ether oxygens (including phenoxy) is 1. The van der Waals surface area contributed by atoms with Gasteiger partial charge in [0.25, 0.3) is 0 Å². The van der Waals surface area contributed by atoms with E-state index in [0.29, 0.717) is 6.61 Å². The molecule has 0 unspecified atom stereocenters. The second kappa shape index (κ2) is 8.34. The van der Waals surface area contributed by atoms with Crippen LogP contribution in [0.15, 0.2) is 73.2 Å². The fourth-order valence-corrected chi connectivity index (χ4v) is 2.94. The molecule has 1 heterocycles. The van der Waals surface area contributed by atoms with E-state index >= 15 is 0 Å². The Kier molecular flexibility index (Phi) is 5.69. The summed E-state index contributed by atoms with van der Waals surface area (Å²) in [7, 11) is 0. The average Bonchev–Trinajstić information content (AvgIpc) is 3.20. The van der Waals surface area contributed by atoms with Crippen molar-refractivity contribution in [1.82, 2.24) is 15.3 Å². The van der Waals surface area contributed by atoms with Crippen LogP contribution in [0.3, 0.4) is 0 Å². The monoisotopic (exact) mass is 349 g/mol. The molecule has 0 aliphatic carbocycles. The second-order valence-electron chi connectivity index (χ2n) is 6.28. The van der Waals surface area contributed by atoms with Crippen LogP contribution < -0.4 is 5.32 Å². The van der Waals surface area contributed by atoms with E-state index in [1.54, 1.807) is 6.33 Å². The van der Waals surface area contributed by atoms with Gasteiger partial charge in [-0.05, 0) is 30.9 Å². The van der Waals surface area contributed by atoms with Crippen LogP contribution in [0.1, 0.15) is 30.2 Å². The molecule has 3 aromatic rings. The molecular formula is C21H23N3O2. The molecule has 0 saturated carbocycles. The van der Waals surface area contributed by atoms with Crippen molar-refractivity contribution in [3.63, 3.8) is 0 Å². The number of aromatic amines is 1. The van der Waals surface area contributed by atoms with Gasteiger partial charge in [-0.15, -0.1) is 0 Å². The minimum absolute atomic E-state index is 0.346. The SMILES string of the molecule is CC(NC(=O)OCCCc1c[nH]cn1)(c1ccccc1)c1ccccc1. The summed E-state index contributed by atoms with van der Waals surface area (Å²) in [4.78, 5) is 19.5. The Balaban J connectivity index is 1.65. The number of carbonyl (C=O) groups is 1. The van der Waals surface area contributed by atoms with Gasteiger partial charge in [-0.1, -0.05) is 60.7 Å². The molecular weight excluding hydrogens is 326 g/mol. The highest BCUT2D eigenvalue weighted by molar-refractivity contribution is 5.69. The summed E-state index contributed by atoms with van der Waals surface area (Å²) in [5.41, 5.74) is 2.30. The molecule has 26 heavy (non-hydrogen) atoms. The Labute approximate surface area is 153 Å². The van der Waals surface area contributed by atoms with E-state index in [-0.39, 0.29) is 0 Å². The van der Waals surface area contributed by atoms with Gasteiger partial charge in [-0.2, -0.15) is 0 Å². The Hall–Kier alpha value is -3.08. The number of aryl methyl sites for hydroxylation is 1. The van der Waals surface area contributed by atoms with Gasteiger partial charge in [0, 0.05) is 6.20 Å². The van der Waals surface area contributed by atoms with Crippen LogP contribution in [0.2, 0.25) is 0 Å². The molecule has 0 bridgehead atoms. The van der Waals surface area contributed by atoms with Crippen molar-refractivity contribution in [2.75, 3.05) is 6.61 Å². The third kappa shape index (κ3) is 4.30. The molecule has 2 N–H and O–H groups in total. The lowest BCUT2D eigenvalue weighted by molar-refractivity contribution is 0.136. The third-order valence-corrected chi connectivity index (χ3v) is 4.42. The average molecular weight is 349 g/mol. The number of nitrogens with one attached hydrogen (secondary N) is 2. The third-order valence-electron chi connectivity index (χ3n) is 4.42. The first kappa shape index (κ1) is 17.7. The number of carbonyl (C=O) groups excluding carboxylic acids is 1. The number of hydrogen-bond donors (Lipinski definition) is 2. The summed E-state index contributed by atoms with van der Waals surface area (Å²) in [6.07, 6.45) is 4.56. The van der Waals surface area contributed by atoms with Crippen LogP contribution >= 0.6 is 0 Å². The molecule has 0 atom stereocenters. The first-order valence-corrected chi connectivity index (χ1v) is 8.72. The fourth-order valence-electron chi connectivity index (χ4n) is 2.94. The summed E-state index contributed by atoms with van der Waals surface area (Å²) in [6.45, 7) is 2.33. The number of imidazole rings is 1. The largest absolute Gasteiger partial charge is 0.450 e. The standard InChI is InChI=1S/C21H23N3O2/c1-21(17-9-4-2-5-10-17,18-11-6-3-7-12-18)24-20(25)26-14-8-13-19-15-22-16-23-19/h2-7,9-12,15-16H,8,13-14H2,1H3,(H,22,23)(H,24,25). The predicted octanol–water partition coefficient (Wildman–Crippen LogP) is 4.03. The van der Waals surface area contributed by atoms with Crippen molar-refractivity contribution in [2.45, 2.75) is 25.3 Å². The lowest BCUT2D eigenvalue weighted by atomic mass is 9.85. The molecule has 0 aliphatic rings. The maximum Gasteiger partial charge on any atom is 0.408 e. The quantitative estimate of drug-likeness (QED) is 0.633. The molecule has 0 fully saturated rings. The first-order chi connectivity index (χ1) is 12.7. The van der Waals surface area contributed by atoms with Crippen LogP contribution in [-0.4, -0.2) is 22.7 Å². The molecule has 1 amide bonds. The van der Waals surface area contributed by atoms with Crippen LogP contribution in [0, 0.1) is 0 Å². The van der Waals surface area contributed by atoms with Crippen molar-refractivity contribution in [2.24, 2.45) is 0 Å². The van der Waals surface area contributed by atoms with Crippen molar-refractivity contribution >= 4 is 6.09 Å². The Morgan fingerprint density at radius 3 is 2.23 bits per heavy atom. The summed E-state index contributed by atoms with van der Waals surface area (Å²) < 4.78 is 5.39. The Morgan fingerprint density at radius 1 is 1.08 bits per heavy atom. The van der Waals surface area contributed by atoms with Crippen molar-refractivity contribution < 1.29 is 9.53 Å². The zero-order chi connectivity index (χ0) is 18.2. The highest BCUT2D eigenvalue weighted by Crippen LogP contribution is 2.29. The lowest BCUT2D eigenvalue weighted by Gasteiger charge is -2.31. The maximum atomic E-state index is 12.4. The number of nitrogens with zero attached hydrogens (tertiary/aromatic N) is 1. The van der Waals surface area contributed by atoms with Crippen LogP contribution in [0.4, 0.5) is 4.79 Å². The number of aromatic nitrogens is 2. The minimum Gasteiger partial charge on any atom is -0.450 e. The van der Waals surface area contributed by atoms with Crippen LogP contribution in [-0.2, 0) is 16.7 Å². The van der Waals surface area contributed by atoms with Gasteiger partial charge in [0.2, 0.25) is 0 Å². The fraction of sp³-hybridized carbons (Fsp3) is 0.238. The topological polar surface area (TPSA) is 67.0 Å². The normalized spacial score (nSPS) is 11.1. The molecule has 0 aliphatic heterocycles. The molecule has 134 valence electrons. The number of H-pyrrole nitrogens is 1. The van der Waals surface area contributed by atoms with Gasteiger partial charge in [0.15, 0.2) is 0 Å². The summed E-state index contributed by atoms with van der Waals surface area (Å²) in [5, 5.41) is 3.04. The molecule has 0 spiro atoms. The van der Waals surface area contributed by atoms with Crippen molar-refractivity contribution in [3.05, 3.63) is 90.0 Å². The smallest absolute Gasteiger partial charge is 0.408 e. The number of hydrogen-bond acceptors (Lipinski definition) is 3. The van der Waals surface area contributed by atoms with Crippen LogP contribution in [0.25, 0.3) is 0 Å². The van der Waals surface area contributed by atoms with Crippen LogP contribution in [0.5, 0.6) is 0 Å². The van der Waals surface area contributed by atoms with E-state index in [0.717, 1.165) is 29.7 Å². The molecule has 2 aromatic carbocycles. The van der Waals surface area contributed by atoms with E-state index in [9.17, 15) is 4.79 Å². The number of benzene rings is 2. The molecule has 5 nitrogen and oxygen atoms in total. The molecule has 0 radical (unpaired) electrons. The summed E-state index contributed by atoms with van der Waals surface area (Å²) in [5.74, 6) is 0. The number of amides is 1. The molecule has 5 heteroatoms. The maximum absolute atomic E-state index is 12.4. The summed E-state index contributed by atoms with van der Waals surface area (Å²) in [6, 6.07) is 19.8. The predicted molar refractivity (Wildman–Crippen MR) is 101 cm³/mol. The number of rotatable bonds is 7. The Morgan fingerprint density at radius 2 is 1.69 bits per heavy atom. The van der Waals surface area contributed by atoms with E-state index in [2.05, 4.69) is 15.3 Å². The van der Waals surface area contributed by atoms with Gasteiger partial charge in [0.05, 0.1) is 24.2 Å². The zero-order valence-corrected chi connectivity index (χ0v) is 14.8.